The Morgan fingerprint density at radius 2 is 2.00 bits per heavy atom. The number of amidine groups is 1. The highest BCUT2D eigenvalue weighted by Gasteiger charge is 2.33. The maximum Gasteiger partial charge on any atom is 0.410 e. The van der Waals surface area contributed by atoms with Crippen LogP contribution in [0.25, 0.3) is 0 Å². The van der Waals surface area contributed by atoms with E-state index in [1.165, 1.54) is 5.56 Å². The molecule has 1 saturated heterocycles. The third kappa shape index (κ3) is 4.54. The number of ether oxygens (including phenoxy) is 1. The Morgan fingerprint density at radius 3 is 2.80 bits per heavy atom. The highest BCUT2D eigenvalue weighted by Crippen LogP contribution is 2.27. The highest BCUT2D eigenvalue weighted by atomic mass is 35.5. The van der Waals surface area contributed by atoms with Gasteiger partial charge in [-0.2, -0.15) is 5.10 Å². The molecule has 2 aromatic rings. The summed E-state index contributed by atoms with van der Waals surface area (Å²) in [6.07, 6.45) is 2.21. The van der Waals surface area contributed by atoms with Crippen molar-refractivity contribution in [1.29, 1.82) is 0 Å². The van der Waals surface area contributed by atoms with E-state index in [2.05, 4.69) is 28.0 Å². The van der Waals surface area contributed by atoms with E-state index < -0.39 is 0 Å². The van der Waals surface area contributed by atoms with Gasteiger partial charge in [0.25, 0.3) is 0 Å². The standard InChI is InChI=1S/C23H27ClN4O2/c1-2-30-23(29)28-13-12-17(15-18(28)14-16-8-4-3-5-9-16)25-22-20-11-7-6-10-19(20)21(24)26-27-22/h3-11,17-18,21,26H,2,12-15H2,1H3,(H,25,27)/t17-,18-,21?/m0/s1. The zero-order chi connectivity index (χ0) is 20.9. The van der Waals surface area contributed by atoms with Gasteiger partial charge in [0.1, 0.15) is 5.50 Å². The van der Waals surface area contributed by atoms with Gasteiger partial charge in [-0.1, -0.05) is 66.2 Å². The topological polar surface area (TPSA) is 66.0 Å². The van der Waals surface area contributed by atoms with E-state index in [4.69, 9.17) is 16.3 Å². The first kappa shape index (κ1) is 20.5. The molecular formula is C23H27ClN4O2. The molecule has 0 saturated carbocycles. The summed E-state index contributed by atoms with van der Waals surface area (Å²) in [5.74, 6) is 0.801. The van der Waals surface area contributed by atoms with Crippen LogP contribution in [0.5, 0.6) is 0 Å². The molecule has 6 nitrogen and oxygen atoms in total. The first-order chi connectivity index (χ1) is 14.7. The van der Waals surface area contributed by atoms with Gasteiger partial charge in [0.2, 0.25) is 0 Å². The van der Waals surface area contributed by atoms with Gasteiger partial charge in [-0.3, -0.25) is 5.43 Å². The maximum absolute atomic E-state index is 12.5. The van der Waals surface area contributed by atoms with Gasteiger partial charge < -0.3 is 15.0 Å². The van der Waals surface area contributed by atoms with Gasteiger partial charge in [-0.25, -0.2) is 4.79 Å². The third-order valence-electron chi connectivity index (χ3n) is 5.65. The van der Waals surface area contributed by atoms with Crippen molar-refractivity contribution >= 4 is 23.5 Å². The third-order valence-corrected chi connectivity index (χ3v) is 5.98. The fraction of sp³-hybridized carbons (Fsp3) is 0.391. The zero-order valence-electron chi connectivity index (χ0n) is 17.1. The van der Waals surface area contributed by atoms with Gasteiger partial charge in [0.05, 0.1) is 6.61 Å². The van der Waals surface area contributed by atoms with Crippen molar-refractivity contribution in [3.05, 3.63) is 71.3 Å². The number of hydrazone groups is 1. The van der Waals surface area contributed by atoms with E-state index in [9.17, 15) is 4.79 Å². The van der Waals surface area contributed by atoms with E-state index in [0.29, 0.717) is 13.2 Å². The fourth-order valence-electron chi connectivity index (χ4n) is 4.20. The summed E-state index contributed by atoms with van der Waals surface area (Å²) >= 11 is 6.35. The van der Waals surface area contributed by atoms with Crippen LogP contribution in [0.3, 0.4) is 0 Å². The lowest BCUT2D eigenvalue weighted by Gasteiger charge is -2.40. The van der Waals surface area contributed by atoms with Gasteiger partial charge in [0, 0.05) is 29.8 Å². The summed E-state index contributed by atoms with van der Waals surface area (Å²) in [6.45, 7) is 2.87. The summed E-state index contributed by atoms with van der Waals surface area (Å²) in [7, 11) is 0. The van der Waals surface area contributed by atoms with Crippen molar-refractivity contribution in [2.75, 3.05) is 13.2 Å². The summed E-state index contributed by atoms with van der Waals surface area (Å²) < 4.78 is 5.31. The van der Waals surface area contributed by atoms with E-state index in [1.54, 1.807) is 0 Å². The molecule has 2 aliphatic heterocycles. The number of carbonyl (C=O) groups excluding carboxylic acids is 1. The number of halogens is 1. The number of fused-ring (bicyclic) bond motifs is 1. The number of piperidine rings is 1. The van der Waals surface area contributed by atoms with Crippen LogP contribution in [0.15, 0.2) is 59.7 Å². The Kier molecular flexibility index (Phi) is 6.43. The monoisotopic (exact) mass is 426 g/mol. The van der Waals surface area contributed by atoms with Crippen LogP contribution >= 0.6 is 11.6 Å². The second-order valence-corrected chi connectivity index (χ2v) is 8.08. The van der Waals surface area contributed by atoms with Gasteiger partial charge in [-0.05, 0) is 31.7 Å². The van der Waals surface area contributed by atoms with E-state index in [-0.39, 0.29) is 23.7 Å². The average molecular weight is 427 g/mol. The number of carbonyl (C=O) groups is 1. The Morgan fingerprint density at radius 1 is 1.23 bits per heavy atom. The smallest absolute Gasteiger partial charge is 0.410 e. The molecule has 158 valence electrons. The normalized spacial score (nSPS) is 23.1. The predicted octanol–water partition coefficient (Wildman–Crippen LogP) is 4.01. The quantitative estimate of drug-likeness (QED) is 0.572. The van der Waals surface area contributed by atoms with Crippen LogP contribution in [-0.4, -0.2) is 42.1 Å². The minimum Gasteiger partial charge on any atom is -0.450 e. The van der Waals surface area contributed by atoms with Gasteiger partial charge in [-0.15, -0.1) is 0 Å². The minimum absolute atomic E-state index is 0.0610. The number of amides is 1. The number of nitrogens with zero attached hydrogens (tertiary/aromatic N) is 2. The SMILES string of the molecule is CCOC(=O)N1CC[C@H](NC2=NNC(Cl)c3ccccc32)C[C@@H]1Cc1ccccc1. The molecule has 0 aliphatic carbocycles. The lowest BCUT2D eigenvalue weighted by Crippen LogP contribution is -2.53. The maximum atomic E-state index is 12.5. The molecule has 4 rings (SSSR count). The molecule has 0 spiro atoms. The van der Waals surface area contributed by atoms with Gasteiger partial charge in [0.15, 0.2) is 5.84 Å². The largest absolute Gasteiger partial charge is 0.450 e. The van der Waals surface area contributed by atoms with E-state index in [1.807, 2.05) is 54.3 Å². The van der Waals surface area contributed by atoms with Crippen molar-refractivity contribution < 1.29 is 9.53 Å². The number of hydrogen-bond donors (Lipinski definition) is 2. The molecule has 1 amide bonds. The molecule has 0 radical (unpaired) electrons. The Labute approximate surface area is 182 Å². The predicted molar refractivity (Wildman–Crippen MR) is 119 cm³/mol. The summed E-state index contributed by atoms with van der Waals surface area (Å²) in [4.78, 5) is 14.4. The van der Waals surface area contributed by atoms with E-state index >= 15 is 0 Å². The zero-order valence-corrected chi connectivity index (χ0v) is 17.8. The van der Waals surface area contributed by atoms with Crippen LogP contribution in [0, 0.1) is 0 Å². The van der Waals surface area contributed by atoms with Crippen LogP contribution < -0.4 is 10.7 Å². The summed E-state index contributed by atoms with van der Waals surface area (Å²) in [5.41, 5.74) is 5.89. The second-order valence-electron chi connectivity index (χ2n) is 7.64. The number of alkyl halides is 1. The molecule has 2 aliphatic rings. The van der Waals surface area contributed by atoms with Crippen molar-refractivity contribution in [2.24, 2.45) is 5.10 Å². The summed E-state index contributed by atoms with van der Waals surface area (Å²) in [6, 6.07) is 18.6. The fourth-order valence-corrected chi connectivity index (χ4v) is 4.44. The highest BCUT2D eigenvalue weighted by molar-refractivity contribution is 6.22. The molecular weight excluding hydrogens is 400 g/mol. The van der Waals surface area contributed by atoms with Crippen LogP contribution in [-0.2, 0) is 11.2 Å². The van der Waals surface area contributed by atoms with Crippen LogP contribution in [0.2, 0.25) is 0 Å². The lowest BCUT2D eigenvalue weighted by atomic mass is 9.92. The molecule has 1 unspecified atom stereocenters. The molecule has 2 N–H and O–H groups in total. The van der Waals surface area contributed by atoms with Crippen LogP contribution in [0.4, 0.5) is 4.79 Å². The van der Waals surface area contributed by atoms with Gasteiger partial charge >= 0.3 is 6.09 Å². The first-order valence-corrected chi connectivity index (χ1v) is 10.9. The minimum atomic E-state index is -0.330. The first-order valence-electron chi connectivity index (χ1n) is 10.5. The molecule has 2 heterocycles. The summed E-state index contributed by atoms with van der Waals surface area (Å²) in [5, 5.41) is 8.05. The van der Waals surface area contributed by atoms with Crippen molar-refractivity contribution in [3.8, 4) is 0 Å². The molecule has 2 aromatic carbocycles. The number of hydrogen-bond acceptors (Lipinski definition) is 5. The van der Waals surface area contributed by atoms with Crippen molar-refractivity contribution in [3.63, 3.8) is 0 Å². The second kappa shape index (κ2) is 9.39. The van der Waals surface area contributed by atoms with Crippen molar-refractivity contribution in [2.45, 2.75) is 43.8 Å². The number of likely N-dealkylation sites (tertiary alicyclic amines) is 1. The average Bonchev–Trinajstić information content (AvgIpc) is 2.77. The van der Waals surface area contributed by atoms with Crippen molar-refractivity contribution in [1.82, 2.24) is 15.6 Å². The van der Waals surface area contributed by atoms with Crippen LogP contribution in [0.1, 0.15) is 42.0 Å². The molecule has 0 bridgehead atoms. The lowest BCUT2D eigenvalue weighted by molar-refractivity contribution is 0.0715. The Hall–Kier alpha value is -2.73. The molecule has 3 atom stereocenters. The molecule has 30 heavy (non-hydrogen) atoms. The van der Waals surface area contributed by atoms with E-state index in [0.717, 1.165) is 36.2 Å². The Balaban J connectivity index is 1.50. The number of rotatable bonds is 4. The Bertz CT molecular complexity index is 905. The number of nitrogens with one attached hydrogen (secondary N) is 2. The number of benzene rings is 2. The molecule has 0 aromatic heterocycles. The molecule has 7 heteroatoms. The molecule has 1 fully saturated rings.